The topological polar surface area (TPSA) is 29.5 Å². The molecule has 15 heavy (non-hydrogen) atoms. The molecule has 0 saturated carbocycles. The second-order valence-corrected chi connectivity index (χ2v) is 3.49. The first kappa shape index (κ1) is 12.1. The number of benzene rings is 1. The van der Waals surface area contributed by atoms with Gasteiger partial charge in [-0.15, -0.1) is 11.6 Å². The molecular formula is C12H15ClO2. The van der Waals surface area contributed by atoms with Crippen molar-refractivity contribution in [3.05, 3.63) is 35.4 Å². The van der Waals surface area contributed by atoms with Crippen LogP contribution in [-0.4, -0.2) is 18.1 Å². The van der Waals surface area contributed by atoms with Crippen molar-refractivity contribution in [2.45, 2.75) is 13.0 Å². The van der Waals surface area contributed by atoms with Crippen molar-refractivity contribution < 1.29 is 9.84 Å². The van der Waals surface area contributed by atoms with Crippen molar-refractivity contribution in [1.82, 2.24) is 0 Å². The zero-order chi connectivity index (χ0) is 11.1. The van der Waals surface area contributed by atoms with Crippen LogP contribution in [0, 0.1) is 0 Å². The van der Waals surface area contributed by atoms with Gasteiger partial charge in [0.1, 0.15) is 5.75 Å². The van der Waals surface area contributed by atoms with E-state index in [2.05, 4.69) is 0 Å². The molecule has 0 aliphatic rings. The van der Waals surface area contributed by atoms with E-state index in [-0.39, 0.29) is 6.61 Å². The van der Waals surface area contributed by atoms with Crippen LogP contribution in [0.1, 0.15) is 17.5 Å². The summed E-state index contributed by atoms with van der Waals surface area (Å²) in [6, 6.07) is 5.60. The summed E-state index contributed by atoms with van der Waals surface area (Å²) in [5, 5.41) is 9.01. The molecule has 0 amide bonds. The highest BCUT2D eigenvalue weighted by Crippen LogP contribution is 2.21. The van der Waals surface area contributed by atoms with E-state index in [1.807, 2.05) is 30.4 Å². The van der Waals surface area contributed by atoms with Crippen LogP contribution in [0.25, 0.3) is 6.08 Å². The van der Waals surface area contributed by atoms with E-state index in [4.69, 9.17) is 21.4 Å². The van der Waals surface area contributed by atoms with E-state index >= 15 is 0 Å². The monoisotopic (exact) mass is 226 g/mol. The summed E-state index contributed by atoms with van der Waals surface area (Å²) >= 11 is 5.58. The van der Waals surface area contributed by atoms with Gasteiger partial charge in [0.15, 0.2) is 0 Å². The first-order valence-corrected chi connectivity index (χ1v) is 5.35. The zero-order valence-electron chi connectivity index (χ0n) is 8.74. The van der Waals surface area contributed by atoms with Crippen molar-refractivity contribution in [1.29, 1.82) is 0 Å². The average Bonchev–Trinajstić information content (AvgIpc) is 2.29. The number of hydrogen-bond acceptors (Lipinski definition) is 2. The third kappa shape index (κ3) is 3.57. The van der Waals surface area contributed by atoms with Crippen molar-refractivity contribution in [3.63, 3.8) is 0 Å². The van der Waals surface area contributed by atoms with E-state index in [1.165, 1.54) is 0 Å². The van der Waals surface area contributed by atoms with Crippen LogP contribution in [0.5, 0.6) is 5.75 Å². The molecule has 0 aliphatic carbocycles. The van der Waals surface area contributed by atoms with Gasteiger partial charge in [-0.05, 0) is 24.1 Å². The minimum absolute atomic E-state index is 0.0420. The van der Waals surface area contributed by atoms with Crippen LogP contribution in [0.3, 0.4) is 0 Å². The lowest BCUT2D eigenvalue weighted by atomic mass is 10.1. The number of aliphatic hydroxyl groups excluding tert-OH is 1. The molecule has 0 spiro atoms. The first-order valence-electron chi connectivity index (χ1n) is 4.82. The van der Waals surface area contributed by atoms with Gasteiger partial charge in [0.2, 0.25) is 0 Å². The van der Waals surface area contributed by atoms with E-state index in [1.54, 1.807) is 7.11 Å². The Hall–Kier alpha value is -0.990. The molecule has 82 valence electrons. The number of allylic oxidation sites excluding steroid dienone is 1. The summed E-state index contributed by atoms with van der Waals surface area (Å²) in [7, 11) is 1.63. The Balaban J connectivity index is 2.90. The van der Waals surface area contributed by atoms with E-state index in [9.17, 15) is 0 Å². The predicted octanol–water partition coefficient (Wildman–Crippen LogP) is 2.83. The Kier molecular flexibility index (Phi) is 5.22. The van der Waals surface area contributed by atoms with Crippen LogP contribution in [0.2, 0.25) is 0 Å². The SMILES string of the molecule is COc1ccc(CO)cc1C=CCCCl. The van der Waals surface area contributed by atoms with Crippen LogP contribution < -0.4 is 4.74 Å². The molecule has 1 aromatic rings. The summed E-state index contributed by atoms with van der Waals surface area (Å²) in [4.78, 5) is 0. The second-order valence-electron chi connectivity index (χ2n) is 3.11. The quantitative estimate of drug-likeness (QED) is 0.783. The number of ether oxygens (including phenoxy) is 1. The molecule has 1 rings (SSSR count). The summed E-state index contributed by atoms with van der Waals surface area (Å²) in [5.74, 6) is 1.41. The highest BCUT2D eigenvalue weighted by atomic mass is 35.5. The Morgan fingerprint density at radius 2 is 2.27 bits per heavy atom. The zero-order valence-corrected chi connectivity index (χ0v) is 9.50. The lowest BCUT2D eigenvalue weighted by molar-refractivity contribution is 0.281. The smallest absolute Gasteiger partial charge is 0.126 e. The largest absolute Gasteiger partial charge is 0.496 e. The highest BCUT2D eigenvalue weighted by molar-refractivity contribution is 6.17. The van der Waals surface area contributed by atoms with Crippen LogP contribution in [-0.2, 0) is 6.61 Å². The molecule has 0 saturated heterocycles. The Morgan fingerprint density at radius 3 is 2.87 bits per heavy atom. The molecule has 0 aromatic heterocycles. The fraction of sp³-hybridized carbons (Fsp3) is 0.333. The fourth-order valence-corrected chi connectivity index (χ4v) is 1.41. The molecule has 0 fully saturated rings. The minimum Gasteiger partial charge on any atom is -0.496 e. The molecule has 0 atom stereocenters. The van der Waals surface area contributed by atoms with Gasteiger partial charge in [0.05, 0.1) is 13.7 Å². The highest BCUT2D eigenvalue weighted by Gasteiger charge is 2.00. The van der Waals surface area contributed by atoms with E-state index in [0.29, 0.717) is 5.88 Å². The van der Waals surface area contributed by atoms with Crippen molar-refractivity contribution >= 4 is 17.7 Å². The Morgan fingerprint density at radius 1 is 1.47 bits per heavy atom. The molecular weight excluding hydrogens is 212 g/mol. The Bertz CT molecular complexity index is 334. The predicted molar refractivity (Wildman–Crippen MR) is 63.3 cm³/mol. The molecule has 0 aliphatic heterocycles. The average molecular weight is 227 g/mol. The van der Waals surface area contributed by atoms with E-state index < -0.39 is 0 Å². The van der Waals surface area contributed by atoms with Crippen LogP contribution in [0.4, 0.5) is 0 Å². The molecule has 0 heterocycles. The third-order valence-corrected chi connectivity index (χ3v) is 2.27. The molecule has 2 nitrogen and oxygen atoms in total. The van der Waals surface area contributed by atoms with Crippen molar-refractivity contribution in [2.24, 2.45) is 0 Å². The van der Waals surface area contributed by atoms with Gasteiger partial charge in [-0.2, -0.15) is 0 Å². The maximum atomic E-state index is 9.01. The number of hydrogen-bond donors (Lipinski definition) is 1. The second kappa shape index (κ2) is 6.49. The lowest BCUT2D eigenvalue weighted by Gasteiger charge is -2.06. The number of methoxy groups -OCH3 is 1. The van der Waals surface area contributed by atoms with Gasteiger partial charge < -0.3 is 9.84 Å². The molecule has 1 N–H and O–H groups in total. The maximum Gasteiger partial charge on any atom is 0.126 e. The van der Waals surface area contributed by atoms with Gasteiger partial charge in [-0.1, -0.05) is 18.2 Å². The summed E-state index contributed by atoms with van der Waals surface area (Å²) < 4.78 is 5.21. The van der Waals surface area contributed by atoms with Gasteiger partial charge in [0, 0.05) is 11.4 Å². The molecule has 1 aromatic carbocycles. The Labute approximate surface area is 95.1 Å². The summed E-state index contributed by atoms with van der Waals surface area (Å²) in [5.41, 5.74) is 1.84. The van der Waals surface area contributed by atoms with Crippen molar-refractivity contribution in [3.8, 4) is 5.75 Å². The number of halogens is 1. The molecule has 0 radical (unpaired) electrons. The number of aliphatic hydroxyl groups is 1. The van der Waals surface area contributed by atoms with Crippen LogP contribution >= 0.6 is 11.6 Å². The minimum atomic E-state index is 0.0420. The van der Waals surface area contributed by atoms with Gasteiger partial charge in [-0.3, -0.25) is 0 Å². The van der Waals surface area contributed by atoms with Gasteiger partial charge in [0.25, 0.3) is 0 Å². The van der Waals surface area contributed by atoms with Gasteiger partial charge in [-0.25, -0.2) is 0 Å². The molecule has 0 unspecified atom stereocenters. The van der Waals surface area contributed by atoms with Gasteiger partial charge >= 0.3 is 0 Å². The fourth-order valence-electron chi connectivity index (χ4n) is 1.29. The maximum absolute atomic E-state index is 9.01. The first-order chi connectivity index (χ1) is 7.31. The molecule has 3 heteroatoms. The van der Waals surface area contributed by atoms with E-state index in [0.717, 1.165) is 23.3 Å². The standard InChI is InChI=1S/C12H15ClO2/c1-15-12-6-5-10(9-14)8-11(12)4-2-3-7-13/h2,4-6,8,14H,3,7,9H2,1H3. The van der Waals surface area contributed by atoms with Crippen LogP contribution in [0.15, 0.2) is 24.3 Å². The number of alkyl halides is 1. The van der Waals surface area contributed by atoms with Crippen molar-refractivity contribution in [2.75, 3.05) is 13.0 Å². The lowest BCUT2D eigenvalue weighted by Crippen LogP contribution is -1.90. The normalized spacial score (nSPS) is 10.9. The summed E-state index contributed by atoms with van der Waals surface area (Å²) in [6.45, 7) is 0.0420. The third-order valence-electron chi connectivity index (χ3n) is 2.05. The summed E-state index contributed by atoms with van der Waals surface area (Å²) in [6.07, 6.45) is 4.78. The number of rotatable bonds is 5. The molecule has 0 bridgehead atoms.